The van der Waals surface area contributed by atoms with Gasteiger partial charge in [-0.15, -0.1) is 24.8 Å². The van der Waals surface area contributed by atoms with Gasteiger partial charge in [0.2, 0.25) is 0 Å². The van der Waals surface area contributed by atoms with Crippen molar-refractivity contribution in [2.75, 3.05) is 38.5 Å². The van der Waals surface area contributed by atoms with Crippen molar-refractivity contribution >= 4 is 30.5 Å². The molecule has 0 amide bonds. The molecule has 1 saturated heterocycles. The van der Waals surface area contributed by atoms with Gasteiger partial charge in [0, 0.05) is 50.4 Å². The number of fused-ring (bicyclic) bond motifs is 1. The summed E-state index contributed by atoms with van der Waals surface area (Å²) < 4.78 is 6.65. The van der Waals surface area contributed by atoms with Crippen LogP contribution in [-0.4, -0.2) is 48.1 Å². The van der Waals surface area contributed by atoms with Crippen LogP contribution in [-0.2, 0) is 6.42 Å². The second-order valence-electron chi connectivity index (χ2n) is 10.4. The molecule has 0 radical (unpaired) electrons. The Kier molecular flexibility index (Phi) is 9.00. The highest BCUT2D eigenvalue weighted by Gasteiger charge is 2.40. The molecular weight excluding hydrogens is 489 g/mol. The first-order valence-corrected chi connectivity index (χ1v) is 12.5. The van der Waals surface area contributed by atoms with Crippen LogP contribution >= 0.6 is 24.8 Å². The van der Waals surface area contributed by atoms with Gasteiger partial charge in [-0.3, -0.25) is 9.80 Å². The standard InChI is InChI=1S/C30H37N3O.2ClH/c1-21-22(2)29-26(23(3)27(21)31)19-30(4,34-29)20-32-15-17-33(18-16-32)28(24-11-7-5-8-12-24)25-13-9-6-10-14-25;;/h5-14,28H,15-20,31H2,1-4H3;2*1H. The molecule has 36 heavy (non-hydrogen) atoms. The Balaban J connectivity index is 0.00000180. The predicted octanol–water partition coefficient (Wildman–Crippen LogP) is 6.14. The molecule has 0 bridgehead atoms. The van der Waals surface area contributed by atoms with E-state index >= 15 is 0 Å². The van der Waals surface area contributed by atoms with Gasteiger partial charge in [-0.05, 0) is 55.5 Å². The number of nitrogen functional groups attached to an aromatic ring is 1. The van der Waals surface area contributed by atoms with Crippen molar-refractivity contribution in [1.29, 1.82) is 0 Å². The monoisotopic (exact) mass is 527 g/mol. The van der Waals surface area contributed by atoms with Gasteiger partial charge in [-0.2, -0.15) is 0 Å². The first-order chi connectivity index (χ1) is 16.4. The zero-order valence-electron chi connectivity index (χ0n) is 21.8. The molecule has 1 unspecified atom stereocenters. The van der Waals surface area contributed by atoms with E-state index < -0.39 is 0 Å². The maximum Gasteiger partial charge on any atom is 0.127 e. The van der Waals surface area contributed by atoms with E-state index in [0.29, 0.717) is 6.04 Å². The lowest BCUT2D eigenvalue weighted by atomic mass is 9.91. The molecule has 0 saturated carbocycles. The van der Waals surface area contributed by atoms with Crippen LogP contribution in [0.5, 0.6) is 5.75 Å². The highest BCUT2D eigenvalue weighted by atomic mass is 35.5. The quantitative estimate of drug-likeness (QED) is 0.404. The lowest BCUT2D eigenvalue weighted by Gasteiger charge is -2.42. The summed E-state index contributed by atoms with van der Waals surface area (Å²) in [7, 11) is 0. The fourth-order valence-electron chi connectivity index (χ4n) is 5.85. The smallest absolute Gasteiger partial charge is 0.127 e. The van der Waals surface area contributed by atoms with Crippen LogP contribution in [0, 0.1) is 20.8 Å². The van der Waals surface area contributed by atoms with Crippen molar-refractivity contribution in [2.45, 2.75) is 45.8 Å². The largest absolute Gasteiger partial charge is 0.485 e. The van der Waals surface area contributed by atoms with Gasteiger partial charge in [0.05, 0.1) is 6.04 Å². The highest BCUT2D eigenvalue weighted by Crippen LogP contribution is 2.44. The first-order valence-electron chi connectivity index (χ1n) is 12.5. The van der Waals surface area contributed by atoms with Gasteiger partial charge in [0.25, 0.3) is 0 Å². The lowest BCUT2D eigenvalue weighted by Crippen LogP contribution is -2.53. The van der Waals surface area contributed by atoms with E-state index in [4.69, 9.17) is 10.5 Å². The summed E-state index contributed by atoms with van der Waals surface area (Å²) in [6.07, 6.45) is 0.927. The molecule has 2 aliphatic heterocycles. The van der Waals surface area contributed by atoms with Gasteiger partial charge in [0.1, 0.15) is 11.4 Å². The molecule has 0 spiro atoms. The third-order valence-electron chi connectivity index (χ3n) is 7.90. The van der Waals surface area contributed by atoms with E-state index in [-0.39, 0.29) is 30.4 Å². The predicted molar refractivity (Wildman–Crippen MR) is 155 cm³/mol. The van der Waals surface area contributed by atoms with E-state index in [2.05, 4.69) is 98.2 Å². The van der Waals surface area contributed by atoms with Crippen LogP contribution in [0.4, 0.5) is 5.69 Å². The van der Waals surface area contributed by atoms with E-state index in [1.54, 1.807) is 0 Å². The fraction of sp³-hybridized carbons (Fsp3) is 0.400. The Hall–Kier alpha value is -2.24. The molecule has 5 rings (SSSR count). The van der Waals surface area contributed by atoms with Gasteiger partial charge in [-0.25, -0.2) is 0 Å². The molecule has 2 heterocycles. The summed E-state index contributed by atoms with van der Waals surface area (Å²) in [4.78, 5) is 5.21. The Morgan fingerprint density at radius 2 is 1.33 bits per heavy atom. The summed E-state index contributed by atoms with van der Waals surface area (Å²) in [5.41, 5.74) is 14.7. The number of rotatable bonds is 5. The maximum atomic E-state index is 6.65. The molecule has 6 heteroatoms. The number of anilines is 1. The minimum atomic E-state index is -0.210. The molecule has 3 aromatic carbocycles. The minimum Gasteiger partial charge on any atom is -0.485 e. The van der Waals surface area contributed by atoms with Crippen LogP contribution in [0.1, 0.15) is 46.3 Å². The van der Waals surface area contributed by atoms with Crippen LogP contribution in [0.15, 0.2) is 60.7 Å². The normalized spacial score (nSPS) is 19.8. The minimum absolute atomic E-state index is 0. The van der Waals surface area contributed by atoms with Gasteiger partial charge < -0.3 is 10.5 Å². The summed E-state index contributed by atoms with van der Waals surface area (Å²) in [6.45, 7) is 13.8. The second kappa shape index (κ2) is 11.4. The number of hydrogen-bond acceptors (Lipinski definition) is 4. The Morgan fingerprint density at radius 1 is 0.806 bits per heavy atom. The molecule has 2 aliphatic rings. The summed E-state index contributed by atoms with van der Waals surface area (Å²) >= 11 is 0. The Morgan fingerprint density at radius 3 is 1.86 bits per heavy atom. The SMILES string of the molecule is Cc1c(C)c2c(c(C)c1N)CC(C)(CN1CCN(C(c3ccccc3)c3ccccc3)CC1)O2.Cl.Cl. The molecular formula is C30H39Cl2N3O. The number of benzene rings is 3. The Labute approximate surface area is 228 Å². The number of hydrogen-bond donors (Lipinski definition) is 1. The van der Waals surface area contributed by atoms with Crippen molar-refractivity contribution in [3.63, 3.8) is 0 Å². The molecule has 0 aromatic heterocycles. The third-order valence-corrected chi connectivity index (χ3v) is 7.90. The molecule has 194 valence electrons. The first kappa shape index (κ1) is 28.3. The number of ether oxygens (including phenoxy) is 1. The van der Waals surface area contributed by atoms with E-state index in [1.807, 2.05) is 0 Å². The van der Waals surface area contributed by atoms with Crippen LogP contribution in [0.25, 0.3) is 0 Å². The average Bonchev–Trinajstić information content (AvgIpc) is 3.21. The zero-order valence-corrected chi connectivity index (χ0v) is 23.4. The summed E-state index contributed by atoms with van der Waals surface area (Å²) in [5.74, 6) is 1.07. The number of piperazine rings is 1. The molecule has 3 aromatic rings. The summed E-state index contributed by atoms with van der Waals surface area (Å²) in [5, 5.41) is 0. The maximum absolute atomic E-state index is 6.65. The van der Waals surface area contributed by atoms with Crippen LogP contribution in [0.2, 0.25) is 0 Å². The van der Waals surface area contributed by atoms with Crippen molar-refractivity contribution in [3.05, 3.63) is 94.0 Å². The second-order valence-corrected chi connectivity index (χ2v) is 10.4. The van der Waals surface area contributed by atoms with Crippen LogP contribution in [0.3, 0.4) is 0 Å². The number of nitrogens with two attached hydrogens (primary N) is 1. The van der Waals surface area contributed by atoms with E-state index in [0.717, 1.165) is 56.1 Å². The van der Waals surface area contributed by atoms with Crippen molar-refractivity contribution in [1.82, 2.24) is 9.80 Å². The van der Waals surface area contributed by atoms with Gasteiger partial charge in [-0.1, -0.05) is 60.7 Å². The van der Waals surface area contributed by atoms with E-state index in [9.17, 15) is 0 Å². The van der Waals surface area contributed by atoms with Crippen molar-refractivity contribution in [3.8, 4) is 5.75 Å². The molecule has 2 N–H and O–H groups in total. The van der Waals surface area contributed by atoms with Gasteiger partial charge >= 0.3 is 0 Å². The van der Waals surface area contributed by atoms with Crippen LogP contribution < -0.4 is 10.5 Å². The third kappa shape index (κ3) is 5.38. The zero-order chi connectivity index (χ0) is 23.9. The number of nitrogens with zero attached hydrogens (tertiary/aromatic N) is 2. The topological polar surface area (TPSA) is 41.7 Å². The molecule has 1 atom stereocenters. The average molecular weight is 529 g/mol. The fourth-order valence-corrected chi connectivity index (χ4v) is 5.85. The van der Waals surface area contributed by atoms with E-state index in [1.165, 1.54) is 27.8 Å². The highest BCUT2D eigenvalue weighted by molar-refractivity contribution is 5.85. The lowest BCUT2D eigenvalue weighted by molar-refractivity contribution is 0.0318. The molecule has 0 aliphatic carbocycles. The summed E-state index contributed by atoms with van der Waals surface area (Å²) in [6, 6.07) is 22.1. The van der Waals surface area contributed by atoms with Crippen molar-refractivity contribution < 1.29 is 4.74 Å². The van der Waals surface area contributed by atoms with Crippen molar-refractivity contribution in [2.24, 2.45) is 0 Å². The molecule has 1 fully saturated rings. The van der Waals surface area contributed by atoms with Gasteiger partial charge in [0.15, 0.2) is 0 Å². The number of halogens is 2. The Bertz CT molecular complexity index is 1090. The molecule has 4 nitrogen and oxygen atoms in total.